The van der Waals surface area contributed by atoms with E-state index in [4.69, 9.17) is 4.74 Å². The first-order chi connectivity index (χ1) is 5.77. The summed E-state index contributed by atoms with van der Waals surface area (Å²) in [7, 11) is 3.49. The third kappa shape index (κ3) is 2.19. The number of nitrogens with one attached hydrogen (secondary N) is 1. The summed E-state index contributed by atoms with van der Waals surface area (Å²) in [6.45, 7) is 0.754. The molecule has 0 aromatic carbocycles. The van der Waals surface area contributed by atoms with Crippen molar-refractivity contribution in [3.63, 3.8) is 0 Å². The van der Waals surface area contributed by atoms with Crippen molar-refractivity contribution in [3.8, 4) is 5.88 Å². The highest BCUT2D eigenvalue weighted by Gasteiger charge is 2.01. The maximum absolute atomic E-state index is 5.05. The summed E-state index contributed by atoms with van der Waals surface area (Å²) < 4.78 is 5.93. The molecule has 1 aromatic heterocycles. The number of rotatable bonds is 3. The van der Waals surface area contributed by atoms with Gasteiger partial charge in [-0.15, -0.1) is 0 Å². The molecule has 66 valence electrons. The Hall–Kier alpha value is -0.610. The molecule has 1 heterocycles. The van der Waals surface area contributed by atoms with Gasteiger partial charge in [-0.1, -0.05) is 0 Å². The Morgan fingerprint density at radius 3 is 2.92 bits per heavy atom. The van der Waals surface area contributed by atoms with Crippen LogP contribution in [0.5, 0.6) is 5.88 Å². The highest BCUT2D eigenvalue weighted by atomic mass is 79.9. The first kappa shape index (κ1) is 9.48. The normalized spacial score (nSPS) is 9.92. The van der Waals surface area contributed by atoms with Gasteiger partial charge >= 0.3 is 0 Å². The van der Waals surface area contributed by atoms with Gasteiger partial charge in [0.2, 0.25) is 5.88 Å². The maximum atomic E-state index is 5.05. The molecule has 0 bridgehead atoms. The van der Waals surface area contributed by atoms with E-state index >= 15 is 0 Å². The molecule has 0 aliphatic heterocycles. The van der Waals surface area contributed by atoms with Crippen LogP contribution in [0, 0.1) is 0 Å². The molecule has 0 spiro atoms. The van der Waals surface area contributed by atoms with Crippen molar-refractivity contribution in [2.75, 3.05) is 14.2 Å². The number of methoxy groups -OCH3 is 1. The van der Waals surface area contributed by atoms with Gasteiger partial charge in [0, 0.05) is 6.54 Å². The summed E-state index contributed by atoms with van der Waals surface area (Å²) in [6, 6.07) is 3.88. The predicted molar refractivity (Wildman–Crippen MR) is 51.3 cm³/mol. The Labute approximate surface area is 80.3 Å². The van der Waals surface area contributed by atoms with Gasteiger partial charge < -0.3 is 10.1 Å². The lowest BCUT2D eigenvalue weighted by atomic mass is 10.3. The average Bonchev–Trinajstić information content (AvgIpc) is 2.09. The van der Waals surface area contributed by atoms with Crippen molar-refractivity contribution in [1.29, 1.82) is 0 Å². The minimum Gasteiger partial charge on any atom is -0.480 e. The van der Waals surface area contributed by atoms with Crippen molar-refractivity contribution in [1.82, 2.24) is 10.3 Å². The number of halogens is 1. The smallest absolute Gasteiger partial charge is 0.227 e. The van der Waals surface area contributed by atoms with Crippen LogP contribution in [-0.2, 0) is 6.54 Å². The first-order valence-electron chi connectivity index (χ1n) is 3.62. The second-order valence-electron chi connectivity index (χ2n) is 2.32. The Morgan fingerprint density at radius 2 is 2.33 bits per heavy atom. The third-order valence-corrected chi connectivity index (χ3v) is 2.03. The molecule has 0 saturated heterocycles. The fourth-order valence-electron chi connectivity index (χ4n) is 0.884. The number of hydrogen-bond donors (Lipinski definition) is 1. The minimum absolute atomic E-state index is 0.628. The highest BCUT2D eigenvalue weighted by Crippen LogP contribution is 2.21. The topological polar surface area (TPSA) is 34.1 Å². The fourth-order valence-corrected chi connectivity index (χ4v) is 1.27. The minimum atomic E-state index is 0.628. The van der Waals surface area contributed by atoms with Gasteiger partial charge in [-0.2, -0.15) is 0 Å². The molecule has 1 rings (SSSR count). The molecule has 1 N–H and O–H groups in total. The van der Waals surface area contributed by atoms with E-state index in [2.05, 4.69) is 26.2 Å². The highest BCUT2D eigenvalue weighted by molar-refractivity contribution is 9.10. The fraction of sp³-hybridized carbons (Fsp3) is 0.375. The Bertz CT molecular complexity index is 265. The molecule has 0 amide bonds. The average molecular weight is 231 g/mol. The van der Waals surface area contributed by atoms with E-state index in [-0.39, 0.29) is 0 Å². The summed E-state index contributed by atoms with van der Waals surface area (Å²) >= 11 is 3.33. The summed E-state index contributed by atoms with van der Waals surface area (Å²) in [5, 5.41) is 3.02. The molecular formula is C8H11BrN2O. The Kier molecular flexibility index (Phi) is 3.49. The molecule has 4 heteroatoms. The number of hydrogen-bond acceptors (Lipinski definition) is 3. The lowest BCUT2D eigenvalue weighted by Gasteiger charge is -2.04. The largest absolute Gasteiger partial charge is 0.480 e. The zero-order valence-corrected chi connectivity index (χ0v) is 8.68. The van der Waals surface area contributed by atoms with E-state index in [9.17, 15) is 0 Å². The molecule has 0 saturated carbocycles. The molecule has 0 fully saturated rings. The lowest BCUT2D eigenvalue weighted by molar-refractivity contribution is 0.393. The SMILES string of the molecule is CNCc1ccc(Br)c(OC)n1. The van der Waals surface area contributed by atoms with Gasteiger partial charge in [0.15, 0.2) is 0 Å². The van der Waals surface area contributed by atoms with Gasteiger partial charge in [-0.3, -0.25) is 0 Å². The van der Waals surface area contributed by atoms with E-state index in [1.807, 2.05) is 19.2 Å². The molecule has 3 nitrogen and oxygen atoms in total. The van der Waals surface area contributed by atoms with E-state index < -0.39 is 0 Å². The van der Waals surface area contributed by atoms with Gasteiger partial charge in [0.25, 0.3) is 0 Å². The monoisotopic (exact) mass is 230 g/mol. The van der Waals surface area contributed by atoms with Gasteiger partial charge in [-0.05, 0) is 35.1 Å². The van der Waals surface area contributed by atoms with Crippen molar-refractivity contribution < 1.29 is 4.74 Å². The van der Waals surface area contributed by atoms with Gasteiger partial charge in [0.1, 0.15) is 0 Å². The maximum Gasteiger partial charge on any atom is 0.227 e. The second kappa shape index (κ2) is 4.42. The molecule has 0 aliphatic rings. The zero-order valence-electron chi connectivity index (χ0n) is 7.10. The number of aromatic nitrogens is 1. The van der Waals surface area contributed by atoms with Crippen molar-refractivity contribution in [3.05, 3.63) is 22.3 Å². The standard InChI is InChI=1S/C8H11BrN2O/c1-10-5-6-3-4-7(9)8(11-6)12-2/h3-4,10H,5H2,1-2H3. The summed E-state index contributed by atoms with van der Waals surface area (Å²) in [4.78, 5) is 4.25. The van der Waals surface area contributed by atoms with Crippen molar-refractivity contribution in [2.45, 2.75) is 6.54 Å². The van der Waals surface area contributed by atoms with Crippen molar-refractivity contribution >= 4 is 15.9 Å². The molecule has 0 radical (unpaired) electrons. The van der Waals surface area contributed by atoms with Crippen LogP contribution in [-0.4, -0.2) is 19.1 Å². The Balaban J connectivity index is 2.89. The molecule has 1 aromatic rings. The van der Waals surface area contributed by atoms with Crippen LogP contribution in [0.15, 0.2) is 16.6 Å². The van der Waals surface area contributed by atoms with E-state index in [0.717, 1.165) is 16.7 Å². The molecule has 12 heavy (non-hydrogen) atoms. The second-order valence-corrected chi connectivity index (χ2v) is 3.18. The zero-order chi connectivity index (χ0) is 8.97. The van der Waals surface area contributed by atoms with Crippen LogP contribution in [0.1, 0.15) is 5.69 Å². The third-order valence-electron chi connectivity index (χ3n) is 1.42. The van der Waals surface area contributed by atoms with Gasteiger partial charge in [-0.25, -0.2) is 4.98 Å². The molecular weight excluding hydrogens is 220 g/mol. The van der Waals surface area contributed by atoms with Crippen LogP contribution in [0.2, 0.25) is 0 Å². The van der Waals surface area contributed by atoms with Crippen LogP contribution in [0.3, 0.4) is 0 Å². The Morgan fingerprint density at radius 1 is 1.58 bits per heavy atom. The number of pyridine rings is 1. The van der Waals surface area contributed by atoms with Crippen LogP contribution < -0.4 is 10.1 Å². The quantitative estimate of drug-likeness (QED) is 0.857. The van der Waals surface area contributed by atoms with Gasteiger partial charge in [0.05, 0.1) is 17.3 Å². The van der Waals surface area contributed by atoms with Crippen LogP contribution >= 0.6 is 15.9 Å². The summed E-state index contributed by atoms with van der Waals surface area (Å²) in [6.07, 6.45) is 0. The molecule has 0 atom stereocenters. The van der Waals surface area contributed by atoms with Crippen LogP contribution in [0.4, 0.5) is 0 Å². The lowest BCUT2D eigenvalue weighted by Crippen LogP contribution is -2.07. The predicted octanol–water partition coefficient (Wildman–Crippen LogP) is 1.57. The number of nitrogens with zero attached hydrogens (tertiary/aromatic N) is 1. The molecule has 0 unspecified atom stereocenters. The molecule has 0 aliphatic carbocycles. The van der Waals surface area contributed by atoms with E-state index in [0.29, 0.717) is 5.88 Å². The summed E-state index contributed by atoms with van der Waals surface area (Å²) in [5.74, 6) is 0.628. The number of ether oxygens (including phenoxy) is 1. The van der Waals surface area contributed by atoms with E-state index in [1.54, 1.807) is 7.11 Å². The van der Waals surface area contributed by atoms with Crippen molar-refractivity contribution in [2.24, 2.45) is 0 Å². The van der Waals surface area contributed by atoms with Crippen LogP contribution in [0.25, 0.3) is 0 Å². The first-order valence-corrected chi connectivity index (χ1v) is 4.41. The van der Waals surface area contributed by atoms with E-state index in [1.165, 1.54) is 0 Å². The summed E-state index contributed by atoms with van der Waals surface area (Å²) in [5.41, 5.74) is 0.970.